The highest BCUT2D eigenvalue weighted by atomic mass is 16.7. The Kier molecular flexibility index (Phi) is 5.72. The number of rotatable bonds is 7. The molecule has 148 valence electrons. The maximum absolute atomic E-state index is 13.5. The molecule has 6 heteroatoms. The van der Waals surface area contributed by atoms with E-state index in [4.69, 9.17) is 14.2 Å². The number of nitrogens with zero attached hydrogens (tertiary/aromatic N) is 2. The second kappa shape index (κ2) is 8.75. The van der Waals surface area contributed by atoms with E-state index < -0.39 is 6.10 Å². The summed E-state index contributed by atoms with van der Waals surface area (Å²) in [4.78, 5) is 19.4. The second-order valence-corrected chi connectivity index (χ2v) is 6.73. The van der Waals surface area contributed by atoms with Crippen LogP contribution in [-0.2, 0) is 22.6 Å². The van der Waals surface area contributed by atoms with Gasteiger partial charge in [0.2, 0.25) is 6.79 Å². The van der Waals surface area contributed by atoms with Crippen molar-refractivity contribution in [2.24, 2.45) is 0 Å². The average molecular weight is 390 g/mol. The summed E-state index contributed by atoms with van der Waals surface area (Å²) in [5, 5.41) is 0. The zero-order valence-corrected chi connectivity index (χ0v) is 16.2. The zero-order valence-electron chi connectivity index (χ0n) is 16.2. The second-order valence-electron chi connectivity index (χ2n) is 6.73. The molecule has 1 amide bonds. The van der Waals surface area contributed by atoms with Crippen molar-refractivity contribution in [1.29, 1.82) is 0 Å². The van der Waals surface area contributed by atoms with Crippen molar-refractivity contribution in [1.82, 2.24) is 9.88 Å². The largest absolute Gasteiger partial charge is 0.454 e. The van der Waals surface area contributed by atoms with E-state index in [-0.39, 0.29) is 12.7 Å². The van der Waals surface area contributed by atoms with E-state index in [0.717, 1.165) is 16.7 Å². The van der Waals surface area contributed by atoms with Gasteiger partial charge >= 0.3 is 0 Å². The summed E-state index contributed by atoms with van der Waals surface area (Å²) in [6.45, 7) is 0.963. The predicted octanol–water partition coefficient (Wildman–Crippen LogP) is 3.73. The van der Waals surface area contributed by atoms with E-state index in [9.17, 15) is 4.79 Å². The standard InChI is InChI=1S/C23H22N2O4/c1-27-22(18-8-3-2-4-9-18)23(26)25(14-17-7-6-12-24-13-17)15-19-10-5-11-20-21(19)29-16-28-20/h2-13,22H,14-16H2,1H3. The lowest BCUT2D eigenvalue weighted by molar-refractivity contribution is -0.143. The minimum Gasteiger partial charge on any atom is -0.454 e. The molecule has 1 atom stereocenters. The van der Waals surface area contributed by atoms with Gasteiger partial charge in [-0.2, -0.15) is 0 Å². The highest BCUT2D eigenvalue weighted by Crippen LogP contribution is 2.36. The lowest BCUT2D eigenvalue weighted by Crippen LogP contribution is -2.35. The van der Waals surface area contributed by atoms with Crippen molar-refractivity contribution in [2.45, 2.75) is 19.2 Å². The summed E-state index contributed by atoms with van der Waals surface area (Å²) < 4.78 is 16.7. The SMILES string of the molecule is COC(C(=O)N(Cc1cccnc1)Cc1cccc2c1OCO2)c1ccccc1. The Labute approximate surface area is 169 Å². The van der Waals surface area contributed by atoms with E-state index in [0.29, 0.717) is 24.6 Å². The molecule has 0 aliphatic carbocycles. The number of pyridine rings is 1. The number of hydrogen-bond donors (Lipinski definition) is 0. The summed E-state index contributed by atoms with van der Waals surface area (Å²) in [6.07, 6.45) is 2.79. The van der Waals surface area contributed by atoms with Gasteiger partial charge in [-0.05, 0) is 23.3 Å². The highest BCUT2D eigenvalue weighted by molar-refractivity contribution is 5.82. The number of aromatic nitrogens is 1. The van der Waals surface area contributed by atoms with Gasteiger partial charge < -0.3 is 19.1 Å². The van der Waals surface area contributed by atoms with Crippen LogP contribution in [0.3, 0.4) is 0 Å². The lowest BCUT2D eigenvalue weighted by atomic mass is 10.1. The first-order chi connectivity index (χ1) is 14.3. The molecule has 0 fully saturated rings. The van der Waals surface area contributed by atoms with Gasteiger partial charge in [-0.15, -0.1) is 0 Å². The minimum atomic E-state index is -0.693. The molecule has 6 nitrogen and oxygen atoms in total. The number of methoxy groups -OCH3 is 1. The molecule has 0 radical (unpaired) electrons. The molecule has 1 aromatic heterocycles. The van der Waals surface area contributed by atoms with Crippen LogP contribution < -0.4 is 9.47 Å². The van der Waals surface area contributed by atoms with Gasteiger partial charge in [-0.3, -0.25) is 9.78 Å². The number of carbonyl (C=O) groups excluding carboxylic acids is 1. The number of amides is 1. The molecule has 2 heterocycles. The molecule has 1 aliphatic heterocycles. The fourth-order valence-corrected chi connectivity index (χ4v) is 3.42. The van der Waals surface area contributed by atoms with Gasteiger partial charge in [0.15, 0.2) is 17.6 Å². The van der Waals surface area contributed by atoms with Crippen molar-refractivity contribution in [3.05, 3.63) is 89.7 Å². The lowest BCUT2D eigenvalue weighted by Gasteiger charge is -2.27. The van der Waals surface area contributed by atoms with E-state index in [1.54, 1.807) is 24.4 Å². The molecule has 0 saturated carbocycles. The van der Waals surface area contributed by atoms with Gasteiger partial charge in [-0.1, -0.05) is 48.5 Å². The van der Waals surface area contributed by atoms with E-state index in [1.165, 1.54) is 0 Å². The van der Waals surface area contributed by atoms with Gasteiger partial charge in [0, 0.05) is 38.2 Å². The molecule has 2 aromatic carbocycles. The molecule has 0 spiro atoms. The Balaban J connectivity index is 1.65. The third-order valence-electron chi connectivity index (χ3n) is 4.81. The molecular weight excluding hydrogens is 368 g/mol. The smallest absolute Gasteiger partial charge is 0.256 e. The molecule has 0 N–H and O–H groups in total. The maximum atomic E-state index is 13.5. The third kappa shape index (κ3) is 4.22. The average Bonchev–Trinajstić information content (AvgIpc) is 3.25. The van der Waals surface area contributed by atoms with Crippen molar-refractivity contribution in [2.75, 3.05) is 13.9 Å². The number of benzene rings is 2. The summed E-state index contributed by atoms with van der Waals surface area (Å²) in [6, 6.07) is 19.0. The van der Waals surface area contributed by atoms with Crippen LogP contribution in [0.4, 0.5) is 0 Å². The molecule has 29 heavy (non-hydrogen) atoms. The van der Waals surface area contributed by atoms with Gasteiger partial charge in [-0.25, -0.2) is 0 Å². The Morgan fingerprint density at radius 2 is 1.93 bits per heavy atom. The summed E-state index contributed by atoms with van der Waals surface area (Å²) in [5.41, 5.74) is 2.64. The summed E-state index contributed by atoms with van der Waals surface area (Å²) in [7, 11) is 1.55. The van der Waals surface area contributed by atoms with Gasteiger partial charge in [0.1, 0.15) is 0 Å². The third-order valence-corrected chi connectivity index (χ3v) is 4.81. The molecule has 0 bridgehead atoms. The number of hydrogen-bond acceptors (Lipinski definition) is 5. The van der Waals surface area contributed by atoms with Crippen molar-refractivity contribution >= 4 is 5.91 Å². The van der Waals surface area contributed by atoms with Crippen LogP contribution >= 0.6 is 0 Å². The molecule has 1 unspecified atom stereocenters. The molecule has 4 rings (SSSR count). The van der Waals surface area contributed by atoms with E-state index in [1.807, 2.05) is 60.7 Å². The summed E-state index contributed by atoms with van der Waals surface area (Å²) in [5.74, 6) is 1.26. The van der Waals surface area contributed by atoms with E-state index in [2.05, 4.69) is 4.98 Å². The minimum absolute atomic E-state index is 0.126. The van der Waals surface area contributed by atoms with Crippen LogP contribution in [0.5, 0.6) is 11.5 Å². The molecule has 3 aromatic rings. The number of fused-ring (bicyclic) bond motifs is 1. The zero-order chi connectivity index (χ0) is 20.1. The van der Waals surface area contributed by atoms with Crippen LogP contribution in [0.2, 0.25) is 0 Å². The van der Waals surface area contributed by atoms with Crippen molar-refractivity contribution in [3.8, 4) is 11.5 Å². The molecule has 1 aliphatic rings. The van der Waals surface area contributed by atoms with Crippen LogP contribution in [-0.4, -0.2) is 29.7 Å². The first kappa shape index (κ1) is 19.0. The van der Waals surface area contributed by atoms with Crippen molar-refractivity contribution < 1.29 is 19.0 Å². The predicted molar refractivity (Wildman–Crippen MR) is 107 cm³/mol. The van der Waals surface area contributed by atoms with Gasteiger partial charge in [0.05, 0.1) is 0 Å². The Morgan fingerprint density at radius 3 is 2.69 bits per heavy atom. The highest BCUT2D eigenvalue weighted by Gasteiger charge is 2.28. The number of ether oxygens (including phenoxy) is 3. The Bertz CT molecular complexity index is 963. The van der Waals surface area contributed by atoms with Crippen LogP contribution in [0.25, 0.3) is 0 Å². The number of carbonyl (C=O) groups is 1. The fraction of sp³-hybridized carbons (Fsp3) is 0.217. The number of para-hydroxylation sites is 1. The molecule has 0 saturated heterocycles. The van der Waals surface area contributed by atoms with Gasteiger partial charge in [0.25, 0.3) is 5.91 Å². The first-order valence-electron chi connectivity index (χ1n) is 9.39. The molecular formula is C23H22N2O4. The summed E-state index contributed by atoms with van der Waals surface area (Å²) >= 11 is 0. The van der Waals surface area contributed by atoms with Crippen LogP contribution in [0.15, 0.2) is 73.1 Å². The van der Waals surface area contributed by atoms with E-state index >= 15 is 0 Å². The van der Waals surface area contributed by atoms with Crippen molar-refractivity contribution in [3.63, 3.8) is 0 Å². The van der Waals surface area contributed by atoms with Crippen LogP contribution in [0, 0.1) is 0 Å². The normalized spacial score (nSPS) is 13.1. The first-order valence-corrected chi connectivity index (χ1v) is 9.39. The Morgan fingerprint density at radius 1 is 1.07 bits per heavy atom. The monoisotopic (exact) mass is 390 g/mol. The van der Waals surface area contributed by atoms with Crippen LogP contribution in [0.1, 0.15) is 22.8 Å². The quantitative estimate of drug-likeness (QED) is 0.615. The topological polar surface area (TPSA) is 60.9 Å². The fourth-order valence-electron chi connectivity index (χ4n) is 3.42. The maximum Gasteiger partial charge on any atom is 0.256 e. The Hall–Kier alpha value is -3.38.